The van der Waals surface area contributed by atoms with E-state index in [1.807, 2.05) is 0 Å². The van der Waals surface area contributed by atoms with Gasteiger partial charge in [0.25, 0.3) is 0 Å². The Balaban J connectivity index is 0. The van der Waals surface area contributed by atoms with E-state index in [0.717, 1.165) is 25.7 Å². The normalized spacial score (nSPS) is 14.9. The van der Waals surface area contributed by atoms with Gasteiger partial charge in [-0.2, -0.15) is 0 Å². The first kappa shape index (κ1) is 27.9. The molecule has 0 spiro atoms. The third-order valence-corrected chi connectivity index (χ3v) is 3.48. The minimum atomic E-state index is -0.933. The summed E-state index contributed by atoms with van der Waals surface area (Å²) in [6.45, 7) is 2.30. The van der Waals surface area contributed by atoms with E-state index in [1.165, 1.54) is 0 Å². The van der Waals surface area contributed by atoms with Crippen LogP contribution in [0.2, 0.25) is 0 Å². The number of carboxylic acids is 2. The zero-order valence-electron chi connectivity index (χ0n) is 16.1. The van der Waals surface area contributed by atoms with Gasteiger partial charge >= 0.3 is 23.8 Å². The fourth-order valence-electron chi connectivity index (χ4n) is 1.78. The third-order valence-electron chi connectivity index (χ3n) is 3.48. The van der Waals surface area contributed by atoms with Crippen LogP contribution in [-0.2, 0) is 19.2 Å². The number of aliphatic carboxylic acids is 2. The predicted molar refractivity (Wildman–Crippen MR) is 103 cm³/mol. The highest BCUT2D eigenvalue weighted by atomic mass is 16.4. The second kappa shape index (κ2) is 18.1. The van der Waals surface area contributed by atoms with Crippen LogP contribution in [0.15, 0.2) is 0 Å². The summed E-state index contributed by atoms with van der Waals surface area (Å²) in [4.78, 5) is 40.8. The Hall–Kier alpha value is -2.28. The molecule has 1 aliphatic heterocycles. The average Bonchev–Trinajstić information content (AvgIpc) is 2.65. The number of nitrogens with one attached hydrogen (secondary N) is 2. The highest BCUT2D eigenvalue weighted by Gasteiger charge is 2.15. The summed E-state index contributed by atoms with van der Waals surface area (Å²) >= 11 is 0. The van der Waals surface area contributed by atoms with Crippen molar-refractivity contribution in [2.45, 2.75) is 50.6 Å². The van der Waals surface area contributed by atoms with Crippen molar-refractivity contribution in [1.82, 2.24) is 10.6 Å². The highest BCUT2D eigenvalue weighted by Crippen LogP contribution is 1.97. The zero-order valence-corrected chi connectivity index (χ0v) is 16.1. The first-order valence-electron chi connectivity index (χ1n) is 9.10. The smallest absolute Gasteiger partial charge is 0.320 e. The van der Waals surface area contributed by atoms with Crippen LogP contribution in [-0.4, -0.2) is 72.2 Å². The topological polar surface area (TPSA) is 237 Å². The van der Waals surface area contributed by atoms with Crippen molar-refractivity contribution in [3.05, 3.63) is 0 Å². The molecule has 12 nitrogen and oxygen atoms in total. The Kier molecular flexibility index (Phi) is 18.1. The maximum absolute atomic E-state index is 10.3. The van der Waals surface area contributed by atoms with E-state index in [0.29, 0.717) is 39.0 Å². The molecule has 0 aromatic carbocycles. The van der Waals surface area contributed by atoms with Gasteiger partial charge in [-0.25, -0.2) is 0 Å². The average molecular weight is 406 g/mol. The summed E-state index contributed by atoms with van der Waals surface area (Å²) in [7, 11) is 0. The van der Waals surface area contributed by atoms with Gasteiger partial charge in [-0.3, -0.25) is 19.2 Å². The van der Waals surface area contributed by atoms with Crippen LogP contribution in [0.1, 0.15) is 38.5 Å². The van der Waals surface area contributed by atoms with Crippen molar-refractivity contribution < 1.29 is 29.4 Å². The lowest BCUT2D eigenvalue weighted by Crippen LogP contribution is -2.49. The Morgan fingerprint density at radius 3 is 1.32 bits per heavy atom. The molecular formula is C16H34N6O6. The molecule has 0 aromatic rings. The van der Waals surface area contributed by atoms with E-state index in [4.69, 9.17) is 33.1 Å². The second-order valence-corrected chi connectivity index (χ2v) is 5.97. The molecule has 1 aliphatic rings. The number of hydrogen-bond acceptors (Lipinski definition) is 8. The molecule has 0 unspecified atom stereocenters. The number of piperazine rings is 1. The van der Waals surface area contributed by atoms with Crippen LogP contribution in [0, 0.1) is 0 Å². The Bertz CT molecular complexity index is 435. The predicted octanol–water partition coefficient (Wildman–Crippen LogP) is -2.71. The van der Waals surface area contributed by atoms with Gasteiger partial charge in [0.1, 0.15) is 12.1 Å². The minimum Gasteiger partial charge on any atom is -0.480 e. The van der Waals surface area contributed by atoms with Gasteiger partial charge in [-0.1, -0.05) is 12.8 Å². The molecule has 12 N–H and O–H groups in total. The van der Waals surface area contributed by atoms with Gasteiger partial charge in [-0.05, 0) is 38.8 Å². The van der Waals surface area contributed by atoms with Gasteiger partial charge in [-0.15, -0.1) is 0 Å². The number of hydrogen-bond donors (Lipinski definition) is 8. The molecule has 1 fully saturated rings. The molecule has 0 aliphatic carbocycles. The molecule has 0 radical (unpaired) electrons. The largest absolute Gasteiger partial charge is 0.480 e. The number of amides is 2. The maximum atomic E-state index is 10.3. The van der Waals surface area contributed by atoms with Gasteiger partial charge in [0.15, 0.2) is 0 Å². The maximum Gasteiger partial charge on any atom is 0.320 e. The number of unbranched alkanes of at least 4 members (excludes halogenated alkanes) is 2. The van der Waals surface area contributed by atoms with Crippen LogP contribution < -0.4 is 33.6 Å². The first-order valence-corrected chi connectivity index (χ1v) is 9.10. The molecule has 12 heteroatoms. The second-order valence-electron chi connectivity index (χ2n) is 5.97. The first-order chi connectivity index (χ1) is 13.2. The molecule has 2 amide bonds. The summed E-state index contributed by atoms with van der Waals surface area (Å²) in [5, 5.41) is 21.4. The summed E-state index contributed by atoms with van der Waals surface area (Å²) in [5.41, 5.74) is 20.8. The van der Waals surface area contributed by atoms with E-state index in [-0.39, 0.29) is 0 Å². The summed E-state index contributed by atoms with van der Waals surface area (Å²) < 4.78 is 0. The van der Waals surface area contributed by atoms with E-state index < -0.39 is 35.8 Å². The van der Waals surface area contributed by atoms with Crippen molar-refractivity contribution in [3.63, 3.8) is 0 Å². The number of nitrogens with two attached hydrogens (primary N) is 4. The molecule has 1 heterocycles. The van der Waals surface area contributed by atoms with E-state index in [2.05, 4.69) is 10.6 Å². The van der Waals surface area contributed by atoms with Gasteiger partial charge < -0.3 is 43.8 Å². The van der Waals surface area contributed by atoms with Crippen LogP contribution in [0.5, 0.6) is 0 Å². The van der Waals surface area contributed by atoms with E-state index >= 15 is 0 Å². The van der Waals surface area contributed by atoms with E-state index in [1.54, 1.807) is 0 Å². The van der Waals surface area contributed by atoms with Gasteiger partial charge in [0, 0.05) is 13.1 Å². The molecule has 1 rings (SSSR count). The lowest BCUT2D eigenvalue weighted by atomic mass is 10.1. The van der Waals surface area contributed by atoms with Gasteiger partial charge in [0.2, 0.25) is 0 Å². The molecule has 1 saturated heterocycles. The number of rotatable bonds is 10. The lowest BCUT2D eigenvalue weighted by molar-refractivity contribution is -0.140. The number of carbonyl (C=O) groups is 4. The van der Waals surface area contributed by atoms with E-state index in [9.17, 15) is 19.2 Å². The molecule has 2 atom stereocenters. The monoisotopic (exact) mass is 406 g/mol. The molecule has 0 aromatic heterocycles. The molecule has 28 heavy (non-hydrogen) atoms. The Morgan fingerprint density at radius 2 is 1.11 bits per heavy atom. The van der Waals surface area contributed by atoms with Crippen LogP contribution in [0.3, 0.4) is 0 Å². The SMILES string of the molecule is NCCCC[C@H](N)C(=O)O.NCCCC[C@H](N)C(=O)O.O=C1NCCNC1=O. The van der Waals surface area contributed by atoms with Crippen LogP contribution in [0.25, 0.3) is 0 Å². The highest BCUT2D eigenvalue weighted by molar-refractivity contribution is 6.35. The van der Waals surface area contributed by atoms with Crippen LogP contribution >= 0.6 is 0 Å². The summed E-state index contributed by atoms with van der Waals surface area (Å²) in [6, 6.07) is -1.43. The van der Waals surface area contributed by atoms with Crippen molar-refractivity contribution in [3.8, 4) is 0 Å². The number of carbonyl (C=O) groups excluding carboxylic acids is 2. The molecular weight excluding hydrogens is 372 g/mol. The minimum absolute atomic E-state index is 0.520. The molecule has 0 bridgehead atoms. The van der Waals surface area contributed by atoms with Crippen LogP contribution in [0.4, 0.5) is 0 Å². The fourth-order valence-corrected chi connectivity index (χ4v) is 1.78. The van der Waals surface area contributed by atoms with Crippen molar-refractivity contribution in [1.29, 1.82) is 0 Å². The molecule has 0 saturated carbocycles. The zero-order chi connectivity index (χ0) is 21.9. The Morgan fingerprint density at radius 1 is 0.786 bits per heavy atom. The summed E-state index contributed by atoms with van der Waals surface area (Å²) in [6.07, 6.45) is 4.33. The number of carboxylic acid groups (broad SMARTS) is 2. The standard InChI is InChI=1S/2C6H14N2O2.C4H6N2O2/c2*7-4-2-1-3-5(8)6(9)10;7-3-4(8)6-2-1-5-3/h2*5H,1-4,7-8H2,(H,9,10);1-2H2,(H,5,7)(H,6,8)/t2*5-;/m00./s1. The lowest BCUT2D eigenvalue weighted by Gasteiger charge is -2.10. The molecule has 164 valence electrons. The van der Waals surface area contributed by atoms with Gasteiger partial charge in [0.05, 0.1) is 0 Å². The quantitative estimate of drug-likeness (QED) is 0.138. The fraction of sp³-hybridized carbons (Fsp3) is 0.750. The summed E-state index contributed by atoms with van der Waals surface area (Å²) in [5.74, 6) is -2.93. The van der Waals surface area contributed by atoms with Crippen molar-refractivity contribution in [2.75, 3.05) is 26.2 Å². The Labute approximate surface area is 164 Å². The van der Waals surface area contributed by atoms with Crippen molar-refractivity contribution in [2.24, 2.45) is 22.9 Å². The third kappa shape index (κ3) is 17.1. The van der Waals surface area contributed by atoms with Crippen molar-refractivity contribution >= 4 is 23.8 Å².